The number of pyridine rings is 1. The molecule has 0 amide bonds. The lowest BCUT2D eigenvalue weighted by atomic mass is 9.98. The molecule has 0 aliphatic carbocycles. The number of nitrogens with zero attached hydrogens (tertiary/aromatic N) is 1. The Bertz CT molecular complexity index is 579. The molecule has 0 saturated heterocycles. The summed E-state index contributed by atoms with van der Waals surface area (Å²) in [6.07, 6.45) is 1.75. The lowest BCUT2D eigenvalue weighted by Crippen LogP contribution is -2.19. The number of benzene rings is 1. The SMILES string of the molecule is CNC(c1cc(Cl)cc(Cl)c1)c1cc(C)cnc1N. The highest BCUT2D eigenvalue weighted by Crippen LogP contribution is 2.30. The molecular formula is C14H15Cl2N3. The van der Waals surface area contributed by atoms with E-state index in [1.165, 1.54) is 0 Å². The molecule has 100 valence electrons. The van der Waals surface area contributed by atoms with Crippen molar-refractivity contribution in [2.24, 2.45) is 0 Å². The normalized spacial score (nSPS) is 12.4. The zero-order chi connectivity index (χ0) is 14.0. The van der Waals surface area contributed by atoms with Crippen LogP contribution in [0.1, 0.15) is 22.7 Å². The zero-order valence-electron chi connectivity index (χ0n) is 10.7. The highest BCUT2D eigenvalue weighted by molar-refractivity contribution is 6.34. The molecule has 2 rings (SSSR count). The van der Waals surface area contributed by atoms with Crippen molar-refractivity contribution in [3.63, 3.8) is 0 Å². The Labute approximate surface area is 122 Å². The third-order valence-electron chi connectivity index (χ3n) is 2.90. The van der Waals surface area contributed by atoms with Crippen LogP contribution in [0.25, 0.3) is 0 Å². The van der Waals surface area contributed by atoms with E-state index in [-0.39, 0.29) is 6.04 Å². The lowest BCUT2D eigenvalue weighted by Gasteiger charge is -2.19. The van der Waals surface area contributed by atoms with Gasteiger partial charge in [0.25, 0.3) is 0 Å². The van der Waals surface area contributed by atoms with Crippen LogP contribution >= 0.6 is 23.2 Å². The Morgan fingerprint density at radius 3 is 2.37 bits per heavy atom. The summed E-state index contributed by atoms with van der Waals surface area (Å²) in [5.41, 5.74) is 8.89. The largest absolute Gasteiger partial charge is 0.383 e. The van der Waals surface area contributed by atoms with E-state index in [1.807, 2.05) is 32.2 Å². The van der Waals surface area contributed by atoms with Crippen molar-refractivity contribution in [2.45, 2.75) is 13.0 Å². The molecule has 19 heavy (non-hydrogen) atoms. The minimum Gasteiger partial charge on any atom is -0.383 e. The van der Waals surface area contributed by atoms with Gasteiger partial charge in [-0.2, -0.15) is 0 Å². The quantitative estimate of drug-likeness (QED) is 0.910. The van der Waals surface area contributed by atoms with Crippen LogP contribution in [-0.4, -0.2) is 12.0 Å². The minimum absolute atomic E-state index is 0.0939. The molecule has 3 nitrogen and oxygen atoms in total. The van der Waals surface area contributed by atoms with E-state index in [4.69, 9.17) is 28.9 Å². The van der Waals surface area contributed by atoms with Crippen molar-refractivity contribution in [1.29, 1.82) is 0 Å². The molecule has 0 bridgehead atoms. The first-order chi connectivity index (χ1) is 9.01. The van der Waals surface area contributed by atoms with E-state index in [0.717, 1.165) is 16.7 Å². The Balaban J connectivity index is 2.52. The summed E-state index contributed by atoms with van der Waals surface area (Å²) in [6.45, 7) is 1.98. The second-order valence-electron chi connectivity index (χ2n) is 4.41. The molecule has 0 radical (unpaired) electrons. The average Bonchev–Trinajstić information content (AvgIpc) is 2.33. The summed E-state index contributed by atoms with van der Waals surface area (Å²) in [5.74, 6) is 0.501. The summed E-state index contributed by atoms with van der Waals surface area (Å²) in [5, 5.41) is 4.42. The third kappa shape index (κ3) is 3.18. The fraction of sp³-hybridized carbons (Fsp3) is 0.214. The fourth-order valence-electron chi connectivity index (χ4n) is 2.08. The maximum atomic E-state index is 6.05. The monoisotopic (exact) mass is 295 g/mol. The van der Waals surface area contributed by atoms with Crippen molar-refractivity contribution in [3.8, 4) is 0 Å². The molecule has 1 aromatic heterocycles. The zero-order valence-corrected chi connectivity index (χ0v) is 12.3. The van der Waals surface area contributed by atoms with Crippen molar-refractivity contribution >= 4 is 29.0 Å². The van der Waals surface area contributed by atoms with Gasteiger partial charge in [-0.25, -0.2) is 4.98 Å². The molecular weight excluding hydrogens is 281 g/mol. The molecule has 0 fully saturated rings. The fourth-order valence-corrected chi connectivity index (χ4v) is 2.62. The van der Waals surface area contributed by atoms with Crippen LogP contribution in [0.3, 0.4) is 0 Å². The lowest BCUT2D eigenvalue weighted by molar-refractivity contribution is 0.690. The van der Waals surface area contributed by atoms with Crippen LogP contribution < -0.4 is 11.1 Å². The number of nitrogens with two attached hydrogens (primary N) is 1. The molecule has 0 spiro atoms. The summed E-state index contributed by atoms with van der Waals surface area (Å²) < 4.78 is 0. The smallest absolute Gasteiger partial charge is 0.128 e. The highest BCUT2D eigenvalue weighted by atomic mass is 35.5. The maximum Gasteiger partial charge on any atom is 0.128 e. The van der Waals surface area contributed by atoms with Gasteiger partial charge >= 0.3 is 0 Å². The van der Waals surface area contributed by atoms with Crippen LogP contribution in [0.4, 0.5) is 5.82 Å². The number of nitrogen functional groups attached to an aromatic ring is 1. The van der Waals surface area contributed by atoms with Crippen molar-refractivity contribution in [1.82, 2.24) is 10.3 Å². The minimum atomic E-state index is -0.0939. The first-order valence-corrected chi connectivity index (χ1v) is 6.62. The van der Waals surface area contributed by atoms with Crippen molar-refractivity contribution < 1.29 is 0 Å². The van der Waals surface area contributed by atoms with Gasteiger partial charge in [0.05, 0.1) is 6.04 Å². The standard InChI is InChI=1S/C14H15Cl2N3/c1-8-3-12(14(17)19-7-8)13(18-2)9-4-10(15)6-11(16)5-9/h3-7,13,18H,1-2H3,(H2,17,19). The molecule has 2 aromatic rings. The van der Waals surface area contributed by atoms with Crippen molar-refractivity contribution in [3.05, 3.63) is 57.2 Å². The van der Waals surface area contributed by atoms with Crippen LogP contribution in [-0.2, 0) is 0 Å². The third-order valence-corrected chi connectivity index (χ3v) is 3.34. The Morgan fingerprint density at radius 1 is 1.16 bits per heavy atom. The predicted molar refractivity (Wildman–Crippen MR) is 80.8 cm³/mol. The van der Waals surface area contributed by atoms with E-state index in [0.29, 0.717) is 15.9 Å². The van der Waals surface area contributed by atoms with E-state index in [2.05, 4.69) is 10.3 Å². The summed E-state index contributed by atoms with van der Waals surface area (Å²) >= 11 is 12.1. The molecule has 1 unspecified atom stereocenters. The van der Waals surface area contributed by atoms with Crippen LogP contribution in [0.5, 0.6) is 0 Å². The van der Waals surface area contributed by atoms with E-state index < -0.39 is 0 Å². The first kappa shape index (κ1) is 14.1. The van der Waals surface area contributed by atoms with Gasteiger partial charge in [0, 0.05) is 21.8 Å². The van der Waals surface area contributed by atoms with Gasteiger partial charge in [-0.05, 0) is 49.4 Å². The second-order valence-corrected chi connectivity index (χ2v) is 5.28. The Morgan fingerprint density at radius 2 is 1.79 bits per heavy atom. The van der Waals surface area contributed by atoms with Gasteiger partial charge in [-0.15, -0.1) is 0 Å². The Kier molecular flexibility index (Phi) is 4.30. The van der Waals surface area contributed by atoms with Gasteiger partial charge < -0.3 is 11.1 Å². The van der Waals surface area contributed by atoms with Gasteiger partial charge in [0.1, 0.15) is 5.82 Å². The highest BCUT2D eigenvalue weighted by Gasteiger charge is 2.17. The van der Waals surface area contributed by atoms with E-state index >= 15 is 0 Å². The van der Waals surface area contributed by atoms with Gasteiger partial charge in [0.15, 0.2) is 0 Å². The predicted octanol–water partition coefficient (Wildman–Crippen LogP) is 3.59. The molecule has 3 N–H and O–H groups in total. The number of nitrogens with one attached hydrogen (secondary N) is 1. The molecule has 1 heterocycles. The van der Waals surface area contributed by atoms with E-state index in [9.17, 15) is 0 Å². The van der Waals surface area contributed by atoms with Crippen molar-refractivity contribution in [2.75, 3.05) is 12.8 Å². The Hall–Kier alpha value is -1.29. The molecule has 0 aliphatic heterocycles. The summed E-state index contributed by atoms with van der Waals surface area (Å²) in [7, 11) is 1.86. The van der Waals surface area contributed by atoms with Crippen LogP contribution in [0, 0.1) is 6.92 Å². The summed E-state index contributed by atoms with van der Waals surface area (Å²) in [6, 6.07) is 7.37. The number of halogens is 2. The van der Waals surface area contributed by atoms with Gasteiger partial charge in [0.2, 0.25) is 0 Å². The number of aromatic nitrogens is 1. The molecule has 5 heteroatoms. The number of hydrogen-bond donors (Lipinski definition) is 2. The van der Waals surface area contributed by atoms with Crippen LogP contribution in [0.2, 0.25) is 10.0 Å². The summed E-state index contributed by atoms with van der Waals surface area (Å²) in [4.78, 5) is 4.19. The number of rotatable bonds is 3. The molecule has 0 saturated carbocycles. The number of anilines is 1. The van der Waals surface area contributed by atoms with Crippen LogP contribution in [0.15, 0.2) is 30.5 Å². The van der Waals surface area contributed by atoms with E-state index in [1.54, 1.807) is 12.3 Å². The first-order valence-electron chi connectivity index (χ1n) is 5.86. The number of hydrogen-bond acceptors (Lipinski definition) is 3. The second kappa shape index (κ2) is 5.78. The molecule has 1 aromatic carbocycles. The average molecular weight is 296 g/mol. The molecule has 0 aliphatic rings. The maximum absolute atomic E-state index is 6.05. The number of aryl methyl sites for hydroxylation is 1. The topological polar surface area (TPSA) is 50.9 Å². The van der Waals surface area contributed by atoms with Gasteiger partial charge in [-0.1, -0.05) is 23.2 Å². The molecule has 1 atom stereocenters. The van der Waals surface area contributed by atoms with Gasteiger partial charge in [-0.3, -0.25) is 0 Å².